The van der Waals surface area contributed by atoms with Crippen molar-refractivity contribution in [2.75, 3.05) is 26.7 Å². The molecule has 6 heteroatoms. The maximum atomic E-state index is 11.1. The summed E-state index contributed by atoms with van der Waals surface area (Å²) in [6.07, 6.45) is 1.03. The molecule has 6 nitrogen and oxygen atoms in total. The van der Waals surface area contributed by atoms with Crippen LogP contribution >= 0.6 is 0 Å². The minimum Gasteiger partial charge on any atom is -0.351 e. The van der Waals surface area contributed by atoms with Crippen LogP contribution in [-0.2, 0) is 4.79 Å². The summed E-state index contributed by atoms with van der Waals surface area (Å²) in [4.78, 5) is 23.5. The number of hydrogen-bond donors (Lipinski definition) is 3. The fourth-order valence-electron chi connectivity index (χ4n) is 1.59. The molecule has 1 saturated heterocycles. The molecule has 0 bridgehead atoms. The van der Waals surface area contributed by atoms with Crippen LogP contribution in [0.1, 0.15) is 6.42 Å². The zero-order valence-corrected chi connectivity index (χ0v) is 8.25. The Morgan fingerprint density at radius 1 is 1.57 bits per heavy atom. The summed E-state index contributed by atoms with van der Waals surface area (Å²) in [6.45, 7) is 1.95. The number of nitrogens with two attached hydrogens (primary N) is 1. The Morgan fingerprint density at radius 2 is 2.29 bits per heavy atom. The average molecular weight is 200 g/mol. The van der Waals surface area contributed by atoms with E-state index in [1.165, 1.54) is 0 Å². The fourth-order valence-corrected chi connectivity index (χ4v) is 1.59. The first kappa shape index (κ1) is 10.9. The number of carbonyl (C=O) groups excluding carboxylic acids is 2. The van der Waals surface area contributed by atoms with Crippen LogP contribution in [0.4, 0.5) is 4.79 Å². The molecular formula is C8H16N4O2. The molecule has 0 aromatic heterocycles. The normalized spacial score (nSPS) is 22.2. The van der Waals surface area contributed by atoms with Gasteiger partial charge in [-0.1, -0.05) is 0 Å². The summed E-state index contributed by atoms with van der Waals surface area (Å²) >= 11 is 0. The first-order chi connectivity index (χ1) is 6.61. The van der Waals surface area contributed by atoms with Crippen molar-refractivity contribution in [3.8, 4) is 0 Å². The number of nitrogens with zero attached hydrogens (tertiary/aromatic N) is 1. The number of carbonyl (C=O) groups is 2. The number of amides is 3. The Hall–Kier alpha value is -1.14. The van der Waals surface area contributed by atoms with Crippen molar-refractivity contribution in [1.29, 1.82) is 0 Å². The zero-order valence-electron chi connectivity index (χ0n) is 8.25. The van der Waals surface area contributed by atoms with Gasteiger partial charge in [0.25, 0.3) is 0 Å². The molecule has 4 N–H and O–H groups in total. The molecule has 1 atom stereocenters. The number of nitrogens with one attached hydrogen (secondary N) is 2. The Balaban J connectivity index is 2.25. The molecule has 1 rings (SSSR count). The molecule has 3 amide bonds. The molecule has 80 valence electrons. The van der Waals surface area contributed by atoms with Crippen molar-refractivity contribution < 1.29 is 9.59 Å². The van der Waals surface area contributed by atoms with E-state index in [1.807, 2.05) is 17.3 Å². The quantitative estimate of drug-likeness (QED) is 0.516. The number of imide groups is 1. The molecular weight excluding hydrogens is 184 g/mol. The molecule has 0 aromatic rings. The highest BCUT2D eigenvalue weighted by atomic mass is 16.2. The van der Waals surface area contributed by atoms with E-state index in [9.17, 15) is 9.59 Å². The second kappa shape index (κ2) is 4.92. The van der Waals surface area contributed by atoms with Gasteiger partial charge in [0.2, 0.25) is 5.91 Å². The lowest BCUT2D eigenvalue weighted by Crippen LogP contribution is -2.42. The number of urea groups is 1. The first-order valence-electron chi connectivity index (χ1n) is 4.60. The number of likely N-dealkylation sites (N-methyl/N-ethyl adjacent to an activating group) is 1. The van der Waals surface area contributed by atoms with Crippen LogP contribution in [0.3, 0.4) is 0 Å². The molecule has 1 unspecified atom stereocenters. The molecule has 1 aliphatic rings. The van der Waals surface area contributed by atoms with Crippen molar-refractivity contribution in [2.45, 2.75) is 12.5 Å². The lowest BCUT2D eigenvalue weighted by atomic mass is 10.3. The molecule has 0 aliphatic carbocycles. The molecule has 14 heavy (non-hydrogen) atoms. The van der Waals surface area contributed by atoms with E-state index in [0.29, 0.717) is 6.04 Å². The van der Waals surface area contributed by atoms with Crippen molar-refractivity contribution in [3.63, 3.8) is 0 Å². The standard InChI is InChI=1S/C8H16N4O2/c1-10-6-2-3-12(4-6)5-7(13)11-8(9)14/h6,10H,2-5H2,1H3,(H3,9,11,13,14). The van der Waals surface area contributed by atoms with Crippen LogP contribution in [0.25, 0.3) is 0 Å². The van der Waals surface area contributed by atoms with E-state index < -0.39 is 6.03 Å². The van der Waals surface area contributed by atoms with E-state index in [1.54, 1.807) is 0 Å². The minimum absolute atomic E-state index is 0.237. The van der Waals surface area contributed by atoms with Crippen molar-refractivity contribution in [3.05, 3.63) is 0 Å². The van der Waals surface area contributed by atoms with Crippen LogP contribution in [0.2, 0.25) is 0 Å². The van der Waals surface area contributed by atoms with Gasteiger partial charge in [0.05, 0.1) is 6.54 Å². The van der Waals surface area contributed by atoms with Crippen LogP contribution in [0, 0.1) is 0 Å². The van der Waals surface area contributed by atoms with Gasteiger partial charge < -0.3 is 11.1 Å². The highest BCUT2D eigenvalue weighted by molar-refractivity contribution is 5.94. The lowest BCUT2D eigenvalue weighted by Gasteiger charge is -2.14. The maximum absolute atomic E-state index is 11.1. The predicted molar refractivity (Wildman–Crippen MR) is 51.6 cm³/mol. The molecule has 0 spiro atoms. The van der Waals surface area contributed by atoms with Crippen LogP contribution in [0.15, 0.2) is 0 Å². The van der Waals surface area contributed by atoms with Crippen LogP contribution < -0.4 is 16.4 Å². The van der Waals surface area contributed by atoms with Crippen molar-refractivity contribution >= 4 is 11.9 Å². The summed E-state index contributed by atoms with van der Waals surface area (Å²) < 4.78 is 0. The largest absolute Gasteiger partial charge is 0.351 e. The summed E-state index contributed by atoms with van der Waals surface area (Å²) in [5.41, 5.74) is 4.82. The Morgan fingerprint density at radius 3 is 2.79 bits per heavy atom. The summed E-state index contributed by atoms with van der Waals surface area (Å²) in [5.74, 6) is -0.339. The maximum Gasteiger partial charge on any atom is 0.318 e. The molecule has 1 heterocycles. The summed E-state index contributed by atoms with van der Waals surface area (Å²) in [5, 5.41) is 5.18. The Bertz CT molecular complexity index is 231. The van der Waals surface area contributed by atoms with Gasteiger partial charge in [-0.25, -0.2) is 4.79 Å². The highest BCUT2D eigenvalue weighted by Gasteiger charge is 2.22. The van der Waals surface area contributed by atoms with E-state index in [-0.39, 0.29) is 12.5 Å². The van der Waals surface area contributed by atoms with Crippen molar-refractivity contribution in [2.24, 2.45) is 5.73 Å². The molecule has 0 radical (unpaired) electrons. The van der Waals surface area contributed by atoms with E-state index in [0.717, 1.165) is 19.5 Å². The monoisotopic (exact) mass is 200 g/mol. The van der Waals surface area contributed by atoms with Gasteiger partial charge in [0, 0.05) is 19.1 Å². The van der Waals surface area contributed by atoms with Crippen molar-refractivity contribution in [1.82, 2.24) is 15.5 Å². The van der Waals surface area contributed by atoms with Gasteiger partial charge in [0.15, 0.2) is 0 Å². The number of hydrogen-bond acceptors (Lipinski definition) is 4. The van der Waals surface area contributed by atoms with E-state index in [2.05, 4.69) is 5.32 Å². The third-order valence-corrected chi connectivity index (χ3v) is 2.31. The number of rotatable bonds is 3. The summed E-state index contributed by atoms with van der Waals surface area (Å²) in [6, 6.07) is -0.351. The smallest absolute Gasteiger partial charge is 0.318 e. The third kappa shape index (κ3) is 3.31. The molecule has 0 aromatic carbocycles. The van der Waals surface area contributed by atoms with Crippen LogP contribution in [0.5, 0.6) is 0 Å². The average Bonchev–Trinajstić information content (AvgIpc) is 2.50. The number of primary amides is 1. The summed E-state index contributed by atoms with van der Waals surface area (Å²) in [7, 11) is 1.90. The van der Waals surface area contributed by atoms with Gasteiger partial charge in [-0.15, -0.1) is 0 Å². The minimum atomic E-state index is -0.792. The lowest BCUT2D eigenvalue weighted by molar-refractivity contribution is -0.120. The van der Waals surface area contributed by atoms with Crippen LogP contribution in [-0.4, -0.2) is 49.6 Å². The van der Waals surface area contributed by atoms with Gasteiger partial charge in [-0.2, -0.15) is 0 Å². The SMILES string of the molecule is CNC1CCN(CC(=O)NC(N)=O)C1. The predicted octanol–water partition coefficient (Wildman–Crippen LogP) is -1.52. The molecule has 1 aliphatic heterocycles. The van der Waals surface area contributed by atoms with Gasteiger partial charge in [0.1, 0.15) is 0 Å². The number of likely N-dealkylation sites (tertiary alicyclic amines) is 1. The van der Waals surface area contributed by atoms with E-state index in [4.69, 9.17) is 5.73 Å². The molecule has 1 fully saturated rings. The zero-order chi connectivity index (χ0) is 10.6. The Kier molecular flexibility index (Phi) is 3.84. The Labute approximate surface area is 82.8 Å². The third-order valence-electron chi connectivity index (χ3n) is 2.31. The fraction of sp³-hybridized carbons (Fsp3) is 0.750. The molecule has 0 saturated carbocycles. The second-order valence-corrected chi connectivity index (χ2v) is 3.42. The van der Waals surface area contributed by atoms with E-state index >= 15 is 0 Å². The topological polar surface area (TPSA) is 87.5 Å². The van der Waals surface area contributed by atoms with Gasteiger partial charge in [-0.3, -0.25) is 15.0 Å². The second-order valence-electron chi connectivity index (χ2n) is 3.42. The van der Waals surface area contributed by atoms with Gasteiger partial charge in [-0.05, 0) is 13.5 Å². The van der Waals surface area contributed by atoms with Gasteiger partial charge >= 0.3 is 6.03 Å². The first-order valence-corrected chi connectivity index (χ1v) is 4.60. The highest BCUT2D eigenvalue weighted by Crippen LogP contribution is 2.07.